The fraction of sp³-hybridized carbons (Fsp3) is 0.444. The van der Waals surface area contributed by atoms with Gasteiger partial charge in [0.2, 0.25) is 0 Å². The average Bonchev–Trinajstić information content (AvgIpc) is 2.92. The van der Waals surface area contributed by atoms with Crippen LogP contribution in [0.4, 0.5) is 4.79 Å². The van der Waals surface area contributed by atoms with Crippen LogP contribution in [-0.2, 0) is 13.1 Å². The summed E-state index contributed by atoms with van der Waals surface area (Å²) in [6.45, 7) is 5.98. The second-order valence-corrected chi connectivity index (χ2v) is 7.25. The first-order valence-electron chi connectivity index (χ1n) is 8.08. The minimum absolute atomic E-state index is 0.0407. The lowest BCUT2D eigenvalue weighted by molar-refractivity contribution is 0.186. The number of aromatic nitrogens is 1. The van der Waals surface area contributed by atoms with Crippen LogP contribution in [-0.4, -0.2) is 47.5 Å². The van der Waals surface area contributed by atoms with Gasteiger partial charge in [-0.2, -0.15) is 0 Å². The van der Waals surface area contributed by atoms with Crippen molar-refractivity contribution in [1.82, 2.24) is 20.1 Å². The molecule has 24 heavy (non-hydrogen) atoms. The van der Waals surface area contributed by atoms with Crippen molar-refractivity contribution in [1.29, 1.82) is 0 Å². The summed E-state index contributed by atoms with van der Waals surface area (Å²) in [5, 5.41) is 3.09. The molecule has 0 radical (unpaired) electrons. The third-order valence-corrected chi connectivity index (χ3v) is 4.61. The van der Waals surface area contributed by atoms with Gasteiger partial charge < -0.3 is 15.1 Å². The summed E-state index contributed by atoms with van der Waals surface area (Å²) in [5.74, 6) is 0. The lowest BCUT2D eigenvalue weighted by Gasteiger charge is -2.26. The van der Waals surface area contributed by atoms with E-state index in [1.807, 2.05) is 68.7 Å². The number of carbonyl (C=O) groups is 1. The summed E-state index contributed by atoms with van der Waals surface area (Å²) >= 11 is 1.59. The number of amides is 2. The van der Waals surface area contributed by atoms with E-state index in [1.54, 1.807) is 11.3 Å². The van der Waals surface area contributed by atoms with E-state index in [0.29, 0.717) is 13.1 Å². The molecule has 0 aliphatic rings. The first-order valence-corrected chi connectivity index (χ1v) is 8.96. The molecule has 130 valence electrons. The summed E-state index contributed by atoms with van der Waals surface area (Å²) < 4.78 is 0. The smallest absolute Gasteiger partial charge is 0.318 e. The van der Waals surface area contributed by atoms with Gasteiger partial charge in [0, 0.05) is 24.0 Å². The fourth-order valence-electron chi connectivity index (χ4n) is 2.55. The summed E-state index contributed by atoms with van der Waals surface area (Å²) in [4.78, 5) is 22.1. The van der Waals surface area contributed by atoms with Crippen LogP contribution >= 0.6 is 11.3 Å². The predicted molar refractivity (Wildman–Crippen MR) is 99.1 cm³/mol. The zero-order chi connectivity index (χ0) is 17.5. The Kier molecular flexibility index (Phi) is 6.75. The first-order chi connectivity index (χ1) is 11.5. The summed E-state index contributed by atoms with van der Waals surface area (Å²) in [6, 6.07) is 10.1. The van der Waals surface area contributed by atoms with Gasteiger partial charge in [-0.25, -0.2) is 9.78 Å². The number of rotatable bonds is 7. The molecule has 0 unspecified atom stereocenters. The third kappa shape index (κ3) is 5.62. The number of aryl methyl sites for hydroxylation is 1. The molecule has 6 heteroatoms. The molecule has 1 aromatic carbocycles. The van der Waals surface area contributed by atoms with Crippen molar-refractivity contribution in [2.75, 3.05) is 20.6 Å². The molecule has 0 bridgehead atoms. The quantitative estimate of drug-likeness (QED) is 0.838. The minimum Gasteiger partial charge on any atom is -0.334 e. The van der Waals surface area contributed by atoms with E-state index >= 15 is 0 Å². The molecule has 1 atom stereocenters. The van der Waals surface area contributed by atoms with Gasteiger partial charge in [0.25, 0.3) is 0 Å². The molecule has 2 aromatic rings. The molecule has 0 saturated carbocycles. The summed E-state index contributed by atoms with van der Waals surface area (Å²) in [5.41, 5.74) is 3.94. The number of thiazole rings is 1. The number of nitrogens with zero attached hydrogens (tertiary/aromatic N) is 3. The van der Waals surface area contributed by atoms with Crippen LogP contribution in [0, 0.1) is 6.92 Å². The number of nitrogens with one attached hydrogen (secondary N) is 1. The van der Waals surface area contributed by atoms with Crippen molar-refractivity contribution in [3.63, 3.8) is 0 Å². The zero-order valence-electron chi connectivity index (χ0n) is 14.8. The van der Waals surface area contributed by atoms with Gasteiger partial charge in [-0.1, -0.05) is 30.3 Å². The highest BCUT2D eigenvalue weighted by atomic mass is 32.1. The molecule has 1 aromatic heterocycles. The van der Waals surface area contributed by atoms with Gasteiger partial charge in [-0.05, 0) is 33.5 Å². The van der Waals surface area contributed by atoms with Gasteiger partial charge in [0.15, 0.2) is 0 Å². The maximum atomic E-state index is 12.8. The molecule has 5 nitrogen and oxygen atoms in total. The standard InChI is InChI=1S/C18H26N4OS/c1-14(10-21(3)4)20-18(23)22(11-16-8-6-5-7-9-16)12-17-15(2)19-13-24-17/h5-9,13-14H,10-12H2,1-4H3,(H,20,23)/t14-/m1/s1. The van der Waals surface area contributed by atoms with Crippen LogP contribution in [0.2, 0.25) is 0 Å². The molecule has 0 aliphatic carbocycles. The van der Waals surface area contributed by atoms with Gasteiger partial charge in [-0.15, -0.1) is 11.3 Å². The van der Waals surface area contributed by atoms with E-state index < -0.39 is 0 Å². The van der Waals surface area contributed by atoms with E-state index in [2.05, 4.69) is 15.2 Å². The molecule has 2 rings (SSSR count). The van der Waals surface area contributed by atoms with Gasteiger partial charge in [0.05, 0.1) is 17.7 Å². The predicted octanol–water partition coefficient (Wildman–Crippen LogP) is 3.11. The first kappa shape index (κ1) is 18.4. The Morgan fingerprint density at radius 2 is 1.96 bits per heavy atom. The Balaban J connectivity index is 2.09. The van der Waals surface area contributed by atoms with Gasteiger partial charge >= 0.3 is 6.03 Å². The van der Waals surface area contributed by atoms with Crippen LogP contribution in [0.5, 0.6) is 0 Å². The molecule has 0 fully saturated rings. The van der Waals surface area contributed by atoms with Gasteiger partial charge in [-0.3, -0.25) is 0 Å². The topological polar surface area (TPSA) is 48.5 Å². The number of urea groups is 1. The van der Waals surface area contributed by atoms with E-state index in [0.717, 1.165) is 22.7 Å². The summed E-state index contributed by atoms with van der Waals surface area (Å²) in [7, 11) is 4.01. The Morgan fingerprint density at radius 3 is 2.54 bits per heavy atom. The molecule has 1 heterocycles. The highest BCUT2D eigenvalue weighted by molar-refractivity contribution is 7.09. The van der Waals surface area contributed by atoms with Crippen LogP contribution in [0.1, 0.15) is 23.1 Å². The minimum atomic E-state index is -0.0407. The van der Waals surface area contributed by atoms with Crippen molar-refractivity contribution < 1.29 is 4.79 Å². The van der Waals surface area contributed by atoms with Crippen LogP contribution in [0.25, 0.3) is 0 Å². The molecule has 1 N–H and O–H groups in total. The van der Waals surface area contributed by atoms with Crippen molar-refractivity contribution in [2.45, 2.75) is 33.0 Å². The largest absolute Gasteiger partial charge is 0.334 e. The van der Waals surface area contributed by atoms with Crippen LogP contribution in [0.3, 0.4) is 0 Å². The highest BCUT2D eigenvalue weighted by Crippen LogP contribution is 2.17. The molecular weight excluding hydrogens is 320 g/mol. The number of carbonyl (C=O) groups excluding carboxylic acids is 1. The molecule has 2 amide bonds. The second kappa shape index (κ2) is 8.80. The van der Waals surface area contributed by atoms with E-state index in [4.69, 9.17) is 0 Å². The van der Waals surface area contributed by atoms with Crippen molar-refractivity contribution in [2.24, 2.45) is 0 Å². The Hall–Kier alpha value is -1.92. The average molecular weight is 347 g/mol. The van der Waals surface area contributed by atoms with Crippen molar-refractivity contribution >= 4 is 17.4 Å². The van der Waals surface area contributed by atoms with Crippen LogP contribution < -0.4 is 5.32 Å². The molecule has 0 aliphatic heterocycles. The number of hydrogen-bond donors (Lipinski definition) is 1. The number of likely N-dealkylation sites (N-methyl/N-ethyl adjacent to an activating group) is 1. The van der Waals surface area contributed by atoms with Crippen LogP contribution in [0.15, 0.2) is 35.8 Å². The Labute approximate surface area is 148 Å². The monoisotopic (exact) mass is 346 g/mol. The van der Waals surface area contributed by atoms with Crippen molar-refractivity contribution in [3.05, 3.63) is 52.0 Å². The van der Waals surface area contributed by atoms with Gasteiger partial charge in [0.1, 0.15) is 0 Å². The van der Waals surface area contributed by atoms with E-state index in [-0.39, 0.29) is 12.1 Å². The van der Waals surface area contributed by atoms with E-state index in [1.165, 1.54) is 0 Å². The van der Waals surface area contributed by atoms with E-state index in [9.17, 15) is 4.79 Å². The van der Waals surface area contributed by atoms with Crippen molar-refractivity contribution in [3.8, 4) is 0 Å². The molecule has 0 saturated heterocycles. The Bertz CT molecular complexity index is 641. The molecule has 0 spiro atoms. The zero-order valence-corrected chi connectivity index (χ0v) is 15.6. The highest BCUT2D eigenvalue weighted by Gasteiger charge is 2.18. The number of hydrogen-bond acceptors (Lipinski definition) is 4. The summed E-state index contributed by atoms with van der Waals surface area (Å²) in [6.07, 6.45) is 0. The second-order valence-electron chi connectivity index (χ2n) is 6.32. The molecular formula is C18H26N4OS. The lowest BCUT2D eigenvalue weighted by Crippen LogP contribution is -2.46. The fourth-order valence-corrected chi connectivity index (χ4v) is 3.34. The normalized spacial score (nSPS) is 12.2. The number of benzene rings is 1. The SMILES string of the molecule is Cc1ncsc1CN(Cc1ccccc1)C(=O)N[C@H](C)CN(C)C. The maximum Gasteiger partial charge on any atom is 0.318 e. The maximum absolute atomic E-state index is 12.8. The third-order valence-electron chi connectivity index (χ3n) is 3.69. The Morgan fingerprint density at radius 1 is 1.25 bits per heavy atom. The lowest BCUT2D eigenvalue weighted by atomic mass is 10.2.